The van der Waals surface area contributed by atoms with Crippen LogP contribution in [-0.4, -0.2) is 17.8 Å². The van der Waals surface area contributed by atoms with E-state index in [4.69, 9.17) is 0 Å². The van der Waals surface area contributed by atoms with E-state index in [1.54, 1.807) is 0 Å². The first-order chi connectivity index (χ1) is 5.71. The Morgan fingerprint density at radius 3 is 1.62 bits per heavy atom. The van der Waals surface area contributed by atoms with Crippen LogP contribution < -0.4 is 0 Å². The number of hydrogen-bond donors (Lipinski definition) is 0. The maximum absolute atomic E-state index is 12.6. The fourth-order valence-electron chi connectivity index (χ4n) is 0.628. The molecule has 0 atom stereocenters. The van der Waals surface area contributed by atoms with Gasteiger partial charge in [-0.15, -0.1) is 10.2 Å². The summed E-state index contributed by atoms with van der Waals surface area (Å²) in [6, 6.07) is 0. The molecule has 1 aliphatic heterocycles. The molecule has 1 rings (SSSR count). The lowest BCUT2D eigenvalue weighted by Gasteiger charge is -2.27. The molecule has 0 aliphatic carbocycles. The molecule has 0 radical (unpaired) electrons. The maximum Gasteiger partial charge on any atom is 0.458 e. The van der Waals surface area contributed by atoms with E-state index < -0.39 is 17.8 Å². The van der Waals surface area contributed by atoms with Crippen molar-refractivity contribution in [2.24, 2.45) is 20.7 Å². The van der Waals surface area contributed by atoms with Gasteiger partial charge in [0.1, 0.15) is 0 Å². The number of halogens is 5. The zero-order valence-electron chi connectivity index (χ0n) is 6.18. The SMILES string of the molecule is CC1(C(F)(F)C(F)(F)F)N=NN=N1. The standard InChI is InChI=1S/C4H3F5N4/c1-2(10-12-13-11-2)3(5,6)4(7,8)9/h1H3. The minimum atomic E-state index is -5.72. The van der Waals surface area contributed by atoms with Gasteiger partial charge in [0.05, 0.1) is 0 Å². The van der Waals surface area contributed by atoms with E-state index in [0.29, 0.717) is 6.92 Å². The van der Waals surface area contributed by atoms with Gasteiger partial charge in [-0.2, -0.15) is 22.0 Å². The van der Waals surface area contributed by atoms with E-state index in [1.807, 2.05) is 0 Å². The van der Waals surface area contributed by atoms with E-state index in [9.17, 15) is 22.0 Å². The summed E-state index contributed by atoms with van der Waals surface area (Å²) in [6.07, 6.45) is -5.72. The minimum Gasteiger partial charge on any atom is -0.191 e. The highest BCUT2D eigenvalue weighted by Gasteiger charge is 2.71. The average Bonchev–Trinajstić information content (AvgIpc) is 2.35. The predicted octanol–water partition coefficient (Wildman–Crippen LogP) is 2.73. The van der Waals surface area contributed by atoms with Crippen LogP contribution in [-0.2, 0) is 0 Å². The Kier molecular flexibility index (Phi) is 1.85. The van der Waals surface area contributed by atoms with Crippen molar-refractivity contribution in [3.63, 3.8) is 0 Å². The Hall–Kier alpha value is -1.15. The Balaban J connectivity index is 3.06. The lowest BCUT2D eigenvalue weighted by molar-refractivity contribution is -0.303. The summed E-state index contributed by atoms with van der Waals surface area (Å²) in [5.74, 6) is -5.07. The third-order valence-corrected chi connectivity index (χ3v) is 1.47. The molecule has 0 bridgehead atoms. The summed E-state index contributed by atoms with van der Waals surface area (Å²) in [5, 5.41) is 10.5. The number of nitrogens with zero attached hydrogens (tertiary/aromatic N) is 4. The van der Waals surface area contributed by atoms with Crippen LogP contribution in [0.5, 0.6) is 0 Å². The van der Waals surface area contributed by atoms with Gasteiger partial charge in [0.15, 0.2) is 0 Å². The van der Waals surface area contributed by atoms with Crippen LogP contribution in [0.15, 0.2) is 20.7 Å². The van der Waals surface area contributed by atoms with Gasteiger partial charge >= 0.3 is 12.1 Å². The van der Waals surface area contributed by atoms with Crippen molar-refractivity contribution in [3.8, 4) is 0 Å². The normalized spacial score (nSPS) is 21.1. The zero-order valence-corrected chi connectivity index (χ0v) is 6.18. The average molecular weight is 202 g/mol. The van der Waals surface area contributed by atoms with Gasteiger partial charge in [0, 0.05) is 0 Å². The molecular weight excluding hydrogens is 199 g/mol. The summed E-state index contributed by atoms with van der Waals surface area (Å²) in [4.78, 5) is 0. The quantitative estimate of drug-likeness (QED) is 0.587. The van der Waals surface area contributed by atoms with E-state index in [-0.39, 0.29) is 0 Å². The van der Waals surface area contributed by atoms with Gasteiger partial charge < -0.3 is 0 Å². The monoisotopic (exact) mass is 202 g/mol. The Morgan fingerprint density at radius 1 is 0.923 bits per heavy atom. The van der Waals surface area contributed by atoms with Crippen molar-refractivity contribution in [1.29, 1.82) is 0 Å². The highest BCUT2D eigenvalue weighted by atomic mass is 19.4. The predicted molar refractivity (Wildman–Crippen MR) is 29.1 cm³/mol. The van der Waals surface area contributed by atoms with E-state index >= 15 is 0 Å². The first-order valence-electron chi connectivity index (χ1n) is 2.99. The molecule has 0 aromatic heterocycles. The molecule has 0 saturated heterocycles. The van der Waals surface area contributed by atoms with Crippen LogP contribution in [0.1, 0.15) is 6.92 Å². The molecule has 1 aliphatic rings. The second-order valence-electron chi connectivity index (χ2n) is 2.47. The van der Waals surface area contributed by atoms with E-state index in [2.05, 4.69) is 20.7 Å². The van der Waals surface area contributed by atoms with Crippen molar-refractivity contribution < 1.29 is 22.0 Å². The number of rotatable bonds is 1. The maximum atomic E-state index is 12.6. The summed E-state index contributed by atoms with van der Waals surface area (Å²) >= 11 is 0. The minimum absolute atomic E-state index is 0.500. The van der Waals surface area contributed by atoms with Crippen molar-refractivity contribution in [2.45, 2.75) is 24.7 Å². The molecule has 0 unspecified atom stereocenters. The topological polar surface area (TPSA) is 49.4 Å². The second-order valence-corrected chi connectivity index (χ2v) is 2.47. The first-order valence-corrected chi connectivity index (χ1v) is 2.99. The van der Waals surface area contributed by atoms with Crippen molar-refractivity contribution in [3.05, 3.63) is 0 Å². The van der Waals surface area contributed by atoms with Crippen molar-refractivity contribution in [1.82, 2.24) is 0 Å². The Morgan fingerprint density at radius 2 is 1.31 bits per heavy atom. The molecule has 0 fully saturated rings. The molecule has 4 nitrogen and oxygen atoms in total. The molecule has 0 aromatic rings. The van der Waals surface area contributed by atoms with Crippen LogP contribution in [0.2, 0.25) is 0 Å². The Bertz CT molecular complexity index is 254. The second kappa shape index (κ2) is 2.42. The third-order valence-electron chi connectivity index (χ3n) is 1.47. The van der Waals surface area contributed by atoms with Gasteiger partial charge in [0.2, 0.25) is 0 Å². The van der Waals surface area contributed by atoms with E-state index in [1.165, 1.54) is 0 Å². The molecule has 0 aromatic carbocycles. The largest absolute Gasteiger partial charge is 0.458 e. The lowest BCUT2D eigenvalue weighted by Crippen LogP contribution is -2.52. The number of alkyl halides is 5. The summed E-state index contributed by atoms with van der Waals surface area (Å²) in [7, 11) is 0. The van der Waals surface area contributed by atoms with Gasteiger partial charge in [-0.1, -0.05) is 0 Å². The lowest BCUT2D eigenvalue weighted by atomic mass is 10.1. The highest BCUT2D eigenvalue weighted by molar-refractivity contribution is 4.99. The summed E-state index contributed by atoms with van der Waals surface area (Å²) in [5.41, 5.74) is -2.97. The van der Waals surface area contributed by atoms with Crippen LogP contribution >= 0.6 is 0 Å². The van der Waals surface area contributed by atoms with Gasteiger partial charge in [-0.3, -0.25) is 0 Å². The molecule has 74 valence electrons. The van der Waals surface area contributed by atoms with Crippen LogP contribution in [0.25, 0.3) is 0 Å². The third kappa shape index (κ3) is 1.27. The molecule has 0 amide bonds. The van der Waals surface area contributed by atoms with Gasteiger partial charge in [0.25, 0.3) is 5.66 Å². The molecule has 1 heterocycles. The molecule has 9 heteroatoms. The molecule has 0 saturated carbocycles. The summed E-state index contributed by atoms with van der Waals surface area (Å²) < 4.78 is 60.5. The fourth-order valence-corrected chi connectivity index (χ4v) is 0.628. The number of hydrogen-bond acceptors (Lipinski definition) is 4. The molecular formula is C4H3F5N4. The van der Waals surface area contributed by atoms with Crippen molar-refractivity contribution >= 4 is 0 Å². The smallest absolute Gasteiger partial charge is 0.191 e. The van der Waals surface area contributed by atoms with Crippen LogP contribution in [0.4, 0.5) is 22.0 Å². The van der Waals surface area contributed by atoms with Crippen molar-refractivity contribution in [2.75, 3.05) is 0 Å². The summed E-state index contributed by atoms with van der Waals surface area (Å²) in [6.45, 7) is 0.500. The van der Waals surface area contributed by atoms with Gasteiger partial charge in [-0.05, 0) is 17.4 Å². The first kappa shape index (κ1) is 9.93. The Labute approximate surface area is 68.5 Å². The van der Waals surface area contributed by atoms with Crippen LogP contribution in [0, 0.1) is 0 Å². The molecule has 0 spiro atoms. The molecule has 13 heavy (non-hydrogen) atoms. The highest BCUT2D eigenvalue weighted by Crippen LogP contribution is 2.47. The van der Waals surface area contributed by atoms with E-state index in [0.717, 1.165) is 0 Å². The molecule has 0 N–H and O–H groups in total. The zero-order chi connectivity index (χ0) is 10.3. The van der Waals surface area contributed by atoms with Crippen LogP contribution in [0.3, 0.4) is 0 Å². The van der Waals surface area contributed by atoms with Gasteiger partial charge in [-0.25, -0.2) is 0 Å². The fraction of sp³-hybridized carbons (Fsp3) is 1.00.